The Morgan fingerprint density at radius 1 is 1.24 bits per heavy atom. The van der Waals surface area contributed by atoms with E-state index in [0.717, 1.165) is 18.4 Å². The van der Waals surface area contributed by atoms with Crippen LogP contribution < -0.4 is 10.6 Å². The highest BCUT2D eigenvalue weighted by Gasteiger charge is 2.16. The van der Waals surface area contributed by atoms with Crippen LogP contribution in [-0.2, 0) is 9.47 Å². The van der Waals surface area contributed by atoms with Crippen molar-refractivity contribution in [1.29, 1.82) is 0 Å². The maximum absolute atomic E-state index is 13.0. The molecule has 1 aromatic carbocycles. The van der Waals surface area contributed by atoms with E-state index in [9.17, 15) is 9.18 Å². The van der Waals surface area contributed by atoms with Crippen molar-refractivity contribution in [3.05, 3.63) is 35.6 Å². The summed E-state index contributed by atoms with van der Waals surface area (Å²) < 4.78 is 23.5. The maximum atomic E-state index is 13.0. The van der Waals surface area contributed by atoms with E-state index in [1.807, 2.05) is 27.7 Å². The third-order valence-corrected chi connectivity index (χ3v) is 3.62. The number of ether oxygens (including phenoxy) is 2. The van der Waals surface area contributed by atoms with Crippen LogP contribution in [0.25, 0.3) is 0 Å². The number of rotatable bonds is 9. The van der Waals surface area contributed by atoms with Gasteiger partial charge in [0.05, 0.1) is 6.61 Å². The van der Waals surface area contributed by atoms with Crippen LogP contribution in [0.4, 0.5) is 9.18 Å². The number of hydrogen-bond donors (Lipinski definition) is 2. The highest BCUT2D eigenvalue weighted by Crippen LogP contribution is 2.15. The van der Waals surface area contributed by atoms with E-state index in [1.54, 1.807) is 19.2 Å². The second-order valence-electron chi connectivity index (χ2n) is 7.16. The van der Waals surface area contributed by atoms with Gasteiger partial charge in [-0.2, -0.15) is 0 Å². The number of halogens is 1. The fourth-order valence-corrected chi connectivity index (χ4v) is 2.47. The van der Waals surface area contributed by atoms with Crippen LogP contribution in [0.5, 0.6) is 0 Å². The maximum Gasteiger partial charge on any atom is 0.407 e. The summed E-state index contributed by atoms with van der Waals surface area (Å²) in [6.07, 6.45) is 1.24. The van der Waals surface area contributed by atoms with Gasteiger partial charge in [-0.3, -0.25) is 0 Å². The molecule has 2 unspecified atom stereocenters. The number of benzene rings is 1. The molecular formula is C19H31FN2O3. The van der Waals surface area contributed by atoms with E-state index in [2.05, 4.69) is 10.6 Å². The molecule has 142 valence electrons. The van der Waals surface area contributed by atoms with Gasteiger partial charge in [0, 0.05) is 25.7 Å². The third-order valence-electron chi connectivity index (χ3n) is 3.62. The Morgan fingerprint density at radius 3 is 2.44 bits per heavy atom. The first-order chi connectivity index (χ1) is 11.7. The first-order valence-corrected chi connectivity index (χ1v) is 8.68. The zero-order chi connectivity index (χ0) is 18.9. The summed E-state index contributed by atoms with van der Waals surface area (Å²) in [4.78, 5) is 11.6. The van der Waals surface area contributed by atoms with Crippen LogP contribution in [0, 0.1) is 5.82 Å². The fourth-order valence-electron chi connectivity index (χ4n) is 2.47. The van der Waals surface area contributed by atoms with Crippen molar-refractivity contribution >= 4 is 6.09 Å². The number of alkyl carbamates (subject to hydrolysis) is 1. The number of carbonyl (C=O) groups is 1. The van der Waals surface area contributed by atoms with Gasteiger partial charge in [0.1, 0.15) is 11.4 Å². The van der Waals surface area contributed by atoms with E-state index in [-0.39, 0.29) is 17.9 Å². The predicted molar refractivity (Wildman–Crippen MR) is 97.1 cm³/mol. The Hall–Kier alpha value is -1.66. The minimum Gasteiger partial charge on any atom is -0.444 e. The molecule has 0 aliphatic carbocycles. The fraction of sp³-hybridized carbons (Fsp3) is 0.632. The lowest BCUT2D eigenvalue weighted by Gasteiger charge is -2.23. The van der Waals surface area contributed by atoms with Gasteiger partial charge in [0.15, 0.2) is 0 Å². The monoisotopic (exact) mass is 354 g/mol. The smallest absolute Gasteiger partial charge is 0.407 e. The zero-order valence-electron chi connectivity index (χ0n) is 15.9. The van der Waals surface area contributed by atoms with Gasteiger partial charge in [0.25, 0.3) is 0 Å². The quantitative estimate of drug-likeness (QED) is 0.662. The standard InChI is InChI=1S/C19H31FN2O3/c1-14(15-8-10-16(20)11-9-15)22-17(13-24-5)7-6-12-21-18(23)25-19(2,3)4/h8-11,14,17,22H,6-7,12-13H2,1-5H3,(H,21,23). The summed E-state index contributed by atoms with van der Waals surface area (Å²) in [7, 11) is 1.66. The normalized spacial score (nSPS) is 14.0. The van der Waals surface area contributed by atoms with Crippen molar-refractivity contribution in [3.63, 3.8) is 0 Å². The van der Waals surface area contributed by atoms with Crippen molar-refractivity contribution in [1.82, 2.24) is 10.6 Å². The molecule has 0 aliphatic heterocycles. The highest BCUT2D eigenvalue weighted by molar-refractivity contribution is 5.67. The van der Waals surface area contributed by atoms with Gasteiger partial charge < -0.3 is 20.1 Å². The van der Waals surface area contributed by atoms with Crippen molar-refractivity contribution in [2.24, 2.45) is 0 Å². The molecular weight excluding hydrogens is 323 g/mol. The number of nitrogens with one attached hydrogen (secondary N) is 2. The number of methoxy groups -OCH3 is 1. The molecule has 2 N–H and O–H groups in total. The van der Waals surface area contributed by atoms with Gasteiger partial charge >= 0.3 is 6.09 Å². The molecule has 0 radical (unpaired) electrons. The summed E-state index contributed by atoms with van der Waals surface area (Å²) >= 11 is 0. The minimum absolute atomic E-state index is 0.0829. The van der Waals surface area contributed by atoms with Gasteiger partial charge in [-0.25, -0.2) is 9.18 Å². The van der Waals surface area contributed by atoms with E-state index < -0.39 is 11.7 Å². The van der Waals surface area contributed by atoms with E-state index in [0.29, 0.717) is 13.2 Å². The summed E-state index contributed by atoms with van der Waals surface area (Å²) in [6.45, 7) is 8.65. The van der Waals surface area contributed by atoms with Gasteiger partial charge in [-0.05, 0) is 58.2 Å². The van der Waals surface area contributed by atoms with Crippen molar-refractivity contribution < 1.29 is 18.7 Å². The SMILES string of the molecule is COCC(CCCNC(=O)OC(C)(C)C)NC(C)c1ccc(F)cc1. The van der Waals surface area contributed by atoms with Crippen LogP contribution in [0.15, 0.2) is 24.3 Å². The third kappa shape index (κ3) is 9.41. The number of carbonyl (C=O) groups excluding carboxylic acids is 1. The first-order valence-electron chi connectivity index (χ1n) is 8.68. The molecule has 6 heteroatoms. The lowest BCUT2D eigenvalue weighted by molar-refractivity contribution is 0.0526. The van der Waals surface area contributed by atoms with E-state index >= 15 is 0 Å². The molecule has 1 aromatic rings. The Labute approximate surface area is 150 Å². The van der Waals surface area contributed by atoms with Crippen LogP contribution in [-0.4, -0.2) is 38.0 Å². The van der Waals surface area contributed by atoms with Crippen LogP contribution in [0.2, 0.25) is 0 Å². The summed E-state index contributed by atoms with van der Waals surface area (Å²) in [5.74, 6) is -0.238. The lowest BCUT2D eigenvalue weighted by Crippen LogP contribution is -2.37. The molecule has 1 rings (SSSR count). The number of amides is 1. The first kappa shape index (κ1) is 21.4. The molecule has 0 fully saturated rings. The molecule has 0 spiro atoms. The average molecular weight is 354 g/mol. The lowest BCUT2D eigenvalue weighted by atomic mass is 10.1. The molecule has 0 aromatic heterocycles. The Kier molecular flexibility index (Phi) is 8.86. The molecule has 25 heavy (non-hydrogen) atoms. The molecule has 1 amide bonds. The van der Waals surface area contributed by atoms with E-state index in [1.165, 1.54) is 12.1 Å². The van der Waals surface area contributed by atoms with Crippen molar-refractivity contribution in [2.75, 3.05) is 20.3 Å². The molecule has 0 aliphatic rings. The van der Waals surface area contributed by atoms with Crippen molar-refractivity contribution in [3.8, 4) is 0 Å². The summed E-state index contributed by atoms with van der Waals surface area (Å²) in [5, 5.41) is 6.25. The molecule has 5 nitrogen and oxygen atoms in total. The Bertz CT molecular complexity index is 514. The molecule has 0 heterocycles. The second-order valence-corrected chi connectivity index (χ2v) is 7.16. The van der Waals surface area contributed by atoms with E-state index in [4.69, 9.17) is 9.47 Å². The second kappa shape index (κ2) is 10.4. The Morgan fingerprint density at radius 2 is 1.88 bits per heavy atom. The number of hydrogen-bond acceptors (Lipinski definition) is 4. The Balaban J connectivity index is 2.38. The minimum atomic E-state index is -0.491. The van der Waals surface area contributed by atoms with Crippen LogP contribution in [0.1, 0.15) is 52.1 Å². The zero-order valence-corrected chi connectivity index (χ0v) is 15.9. The molecule has 2 atom stereocenters. The summed E-state index contributed by atoms with van der Waals surface area (Å²) in [6, 6.07) is 6.71. The van der Waals surface area contributed by atoms with Gasteiger partial charge in [-0.1, -0.05) is 12.1 Å². The predicted octanol–water partition coefficient (Wildman–Crippen LogP) is 3.80. The molecule has 0 saturated heterocycles. The van der Waals surface area contributed by atoms with Gasteiger partial charge in [0.2, 0.25) is 0 Å². The topological polar surface area (TPSA) is 59.6 Å². The summed E-state index contributed by atoms with van der Waals surface area (Å²) in [5.41, 5.74) is 0.531. The molecule has 0 bridgehead atoms. The van der Waals surface area contributed by atoms with Crippen molar-refractivity contribution in [2.45, 2.75) is 58.2 Å². The van der Waals surface area contributed by atoms with Gasteiger partial charge in [-0.15, -0.1) is 0 Å². The molecule has 0 saturated carbocycles. The largest absolute Gasteiger partial charge is 0.444 e. The highest BCUT2D eigenvalue weighted by atomic mass is 19.1. The average Bonchev–Trinajstić information content (AvgIpc) is 2.50. The van der Waals surface area contributed by atoms with Crippen LogP contribution >= 0.6 is 0 Å². The van der Waals surface area contributed by atoms with Crippen LogP contribution in [0.3, 0.4) is 0 Å².